The number of hydrogen-bond donors (Lipinski definition) is 1. The Bertz CT molecular complexity index is 609. The highest BCUT2D eigenvalue weighted by atomic mass is 32.1. The highest BCUT2D eigenvalue weighted by molar-refractivity contribution is 7.13. The van der Waals surface area contributed by atoms with Crippen molar-refractivity contribution in [1.29, 1.82) is 0 Å². The van der Waals surface area contributed by atoms with Crippen LogP contribution in [0.3, 0.4) is 0 Å². The summed E-state index contributed by atoms with van der Waals surface area (Å²) in [5.41, 5.74) is 1.67. The molecule has 1 atom stereocenters. The van der Waals surface area contributed by atoms with Gasteiger partial charge in [-0.15, -0.1) is 11.3 Å². The summed E-state index contributed by atoms with van der Waals surface area (Å²) in [6, 6.07) is -0.00167. The number of carbonyl (C=O) groups is 1. The summed E-state index contributed by atoms with van der Waals surface area (Å²) in [6.45, 7) is 8.00. The Balaban J connectivity index is 2.01. The van der Waals surface area contributed by atoms with Crippen LogP contribution in [0, 0.1) is 6.92 Å². The van der Waals surface area contributed by atoms with Gasteiger partial charge in [0.15, 0.2) is 0 Å². The van der Waals surface area contributed by atoms with Gasteiger partial charge >= 0.3 is 0 Å². The van der Waals surface area contributed by atoms with Crippen molar-refractivity contribution in [2.45, 2.75) is 46.1 Å². The lowest BCUT2D eigenvalue weighted by molar-refractivity contribution is 0.0943. The number of nitrogens with one attached hydrogen (secondary N) is 1. The number of thiazole rings is 1. The third-order valence-electron chi connectivity index (χ3n) is 3.02. The molecule has 1 amide bonds. The van der Waals surface area contributed by atoms with Crippen molar-refractivity contribution in [2.24, 2.45) is 0 Å². The molecule has 0 aromatic carbocycles. The fourth-order valence-corrected chi connectivity index (χ4v) is 2.94. The van der Waals surface area contributed by atoms with Gasteiger partial charge < -0.3 is 5.32 Å². The first-order chi connectivity index (χ1) is 9.97. The molecule has 21 heavy (non-hydrogen) atoms. The second-order valence-corrected chi connectivity index (χ2v) is 6.43. The Hall–Kier alpha value is -1.82. The van der Waals surface area contributed by atoms with Crippen LogP contribution in [0.15, 0.2) is 18.6 Å². The average molecular weight is 304 g/mol. The van der Waals surface area contributed by atoms with Gasteiger partial charge in [-0.05, 0) is 13.8 Å². The van der Waals surface area contributed by atoms with E-state index >= 15 is 0 Å². The van der Waals surface area contributed by atoms with Crippen LogP contribution >= 0.6 is 11.3 Å². The first-order valence-corrected chi connectivity index (χ1v) is 7.82. The number of hydrogen-bond acceptors (Lipinski definition) is 5. The molecule has 2 aromatic rings. The number of aryl methyl sites for hydroxylation is 1. The molecule has 5 nitrogen and oxygen atoms in total. The second-order valence-electron chi connectivity index (χ2n) is 5.40. The molecule has 1 N–H and O–H groups in total. The van der Waals surface area contributed by atoms with E-state index < -0.39 is 0 Å². The van der Waals surface area contributed by atoms with E-state index in [4.69, 9.17) is 0 Å². The average Bonchev–Trinajstić information content (AvgIpc) is 2.82. The number of aromatic nitrogens is 3. The van der Waals surface area contributed by atoms with E-state index in [1.54, 1.807) is 18.6 Å². The van der Waals surface area contributed by atoms with Crippen LogP contribution in [0.2, 0.25) is 0 Å². The summed E-state index contributed by atoms with van der Waals surface area (Å²) in [5, 5.41) is 4.00. The fraction of sp³-hybridized carbons (Fsp3) is 0.467. The first-order valence-electron chi connectivity index (χ1n) is 7.00. The highest BCUT2D eigenvalue weighted by Gasteiger charge is 2.18. The van der Waals surface area contributed by atoms with E-state index in [-0.39, 0.29) is 11.9 Å². The molecule has 6 heteroatoms. The maximum Gasteiger partial charge on any atom is 0.263 e. The molecule has 112 valence electrons. The molecule has 0 saturated carbocycles. The molecule has 0 aliphatic heterocycles. The molecule has 0 bridgehead atoms. The van der Waals surface area contributed by atoms with Gasteiger partial charge in [0.25, 0.3) is 5.91 Å². The summed E-state index contributed by atoms with van der Waals surface area (Å²) in [7, 11) is 0. The standard InChI is InChI=1S/C15H20N4OS/c1-9(2)15-19-11(4)13(21-15)14(20)18-10(3)7-12-8-16-5-6-17-12/h5-6,8-10H,7H2,1-4H3,(H,18,20)/t10-/m0/s1. The predicted octanol–water partition coefficient (Wildman–Crippen LogP) is 2.73. The molecule has 0 unspecified atom stereocenters. The van der Waals surface area contributed by atoms with Crippen molar-refractivity contribution < 1.29 is 4.79 Å². The number of nitrogens with zero attached hydrogens (tertiary/aromatic N) is 3. The minimum absolute atomic E-state index is 0.00167. The smallest absolute Gasteiger partial charge is 0.263 e. The van der Waals surface area contributed by atoms with Gasteiger partial charge in [-0.25, -0.2) is 4.98 Å². The predicted molar refractivity (Wildman–Crippen MR) is 83.6 cm³/mol. The van der Waals surface area contributed by atoms with Crippen LogP contribution < -0.4 is 5.32 Å². The van der Waals surface area contributed by atoms with Crippen LogP contribution in [0.1, 0.15) is 52.8 Å². The quantitative estimate of drug-likeness (QED) is 0.922. The van der Waals surface area contributed by atoms with Crippen molar-refractivity contribution in [2.75, 3.05) is 0 Å². The highest BCUT2D eigenvalue weighted by Crippen LogP contribution is 2.24. The minimum Gasteiger partial charge on any atom is -0.348 e. The summed E-state index contributed by atoms with van der Waals surface area (Å²) in [5.74, 6) is 0.278. The molecule has 0 saturated heterocycles. The molecule has 2 aromatic heterocycles. The van der Waals surface area contributed by atoms with Crippen LogP contribution in [0.25, 0.3) is 0 Å². The van der Waals surface area contributed by atoms with Crippen molar-refractivity contribution >= 4 is 17.2 Å². The van der Waals surface area contributed by atoms with E-state index in [2.05, 4.69) is 34.1 Å². The Morgan fingerprint density at radius 1 is 1.33 bits per heavy atom. The number of carbonyl (C=O) groups excluding carboxylic acids is 1. The lowest BCUT2D eigenvalue weighted by atomic mass is 10.2. The fourth-order valence-electron chi connectivity index (χ4n) is 1.96. The number of amides is 1. The van der Waals surface area contributed by atoms with Gasteiger partial charge in [0.2, 0.25) is 0 Å². The molecule has 2 rings (SSSR count). The molecule has 0 aliphatic carbocycles. The lowest BCUT2D eigenvalue weighted by Crippen LogP contribution is -2.34. The van der Waals surface area contributed by atoms with Gasteiger partial charge in [-0.2, -0.15) is 0 Å². The molecule has 0 radical (unpaired) electrons. The minimum atomic E-state index is -0.0618. The van der Waals surface area contributed by atoms with E-state index in [0.717, 1.165) is 16.4 Å². The normalized spacial score (nSPS) is 12.4. The summed E-state index contributed by atoms with van der Waals surface area (Å²) >= 11 is 1.47. The third kappa shape index (κ3) is 4.07. The summed E-state index contributed by atoms with van der Waals surface area (Å²) in [4.78, 5) is 25.7. The SMILES string of the molecule is Cc1nc(C(C)C)sc1C(=O)N[C@@H](C)Cc1cnccn1. The van der Waals surface area contributed by atoms with Crippen molar-refractivity contribution in [3.8, 4) is 0 Å². The van der Waals surface area contributed by atoms with Crippen molar-refractivity contribution in [1.82, 2.24) is 20.3 Å². The zero-order chi connectivity index (χ0) is 15.4. The van der Waals surface area contributed by atoms with Gasteiger partial charge in [0.1, 0.15) is 4.88 Å². The van der Waals surface area contributed by atoms with Crippen molar-refractivity contribution in [3.63, 3.8) is 0 Å². The van der Waals surface area contributed by atoms with E-state index in [0.29, 0.717) is 17.2 Å². The Labute approximate surface area is 128 Å². The first kappa shape index (κ1) is 15.6. The molecular weight excluding hydrogens is 284 g/mol. The topological polar surface area (TPSA) is 67.8 Å². The molecule has 0 aliphatic rings. The van der Waals surface area contributed by atoms with E-state index in [1.807, 2.05) is 13.8 Å². The number of rotatable bonds is 5. The van der Waals surface area contributed by atoms with Gasteiger partial charge in [0, 0.05) is 37.0 Å². The zero-order valence-electron chi connectivity index (χ0n) is 12.8. The molecule has 2 heterocycles. The van der Waals surface area contributed by atoms with Gasteiger partial charge in [-0.1, -0.05) is 13.8 Å². The summed E-state index contributed by atoms with van der Waals surface area (Å²) < 4.78 is 0. The Morgan fingerprint density at radius 2 is 2.10 bits per heavy atom. The zero-order valence-corrected chi connectivity index (χ0v) is 13.6. The third-order valence-corrected chi connectivity index (χ3v) is 4.48. The Kier molecular flexibility index (Phi) is 5.01. The van der Waals surface area contributed by atoms with Crippen LogP contribution in [-0.4, -0.2) is 26.9 Å². The molecular formula is C15H20N4OS. The maximum absolute atomic E-state index is 12.3. The summed E-state index contributed by atoms with van der Waals surface area (Å²) in [6.07, 6.45) is 5.68. The van der Waals surface area contributed by atoms with E-state index in [1.165, 1.54) is 11.3 Å². The van der Waals surface area contributed by atoms with Gasteiger partial charge in [0.05, 0.1) is 16.4 Å². The Morgan fingerprint density at radius 3 is 2.67 bits per heavy atom. The van der Waals surface area contributed by atoms with Crippen LogP contribution in [0.4, 0.5) is 0 Å². The van der Waals surface area contributed by atoms with Crippen LogP contribution in [-0.2, 0) is 6.42 Å². The second kappa shape index (κ2) is 6.76. The molecule has 0 fully saturated rings. The maximum atomic E-state index is 12.3. The van der Waals surface area contributed by atoms with E-state index in [9.17, 15) is 4.79 Å². The van der Waals surface area contributed by atoms with Crippen molar-refractivity contribution in [3.05, 3.63) is 39.9 Å². The van der Waals surface area contributed by atoms with Gasteiger partial charge in [-0.3, -0.25) is 14.8 Å². The molecule has 0 spiro atoms. The largest absolute Gasteiger partial charge is 0.348 e. The van der Waals surface area contributed by atoms with Crippen LogP contribution in [0.5, 0.6) is 0 Å². The lowest BCUT2D eigenvalue weighted by Gasteiger charge is -2.12. The monoisotopic (exact) mass is 304 g/mol.